The first-order valence-corrected chi connectivity index (χ1v) is 7.34. The second-order valence-corrected chi connectivity index (χ2v) is 5.40. The van der Waals surface area contributed by atoms with Gasteiger partial charge in [0.25, 0.3) is 0 Å². The lowest BCUT2D eigenvalue weighted by atomic mass is 9.89. The Morgan fingerprint density at radius 1 is 1.17 bits per heavy atom. The van der Waals surface area contributed by atoms with E-state index in [-0.39, 0.29) is 0 Å². The van der Waals surface area contributed by atoms with E-state index < -0.39 is 0 Å². The Balaban J connectivity index is 1.89. The maximum absolute atomic E-state index is 5.61. The standard InChI is InChI=1S/C16H26N2/c1-2-3-14-4-6-15(7-5-14)16-8-11-18(12-9-16)13-10-17/h4-7,16H,2-3,8-13,17H2,1H3. The van der Waals surface area contributed by atoms with Gasteiger partial charge in [0.15, 0.2) is 0 Å². The smallest absolute Gasteiger partial charge is 0.0105 e. The maximum atomic E-state index is 5.61. The number of nitrogens with two attached hydrogens (primary N) is 1. The van der Waals surface area contributed by atoms with Crippen molar-refractivity contribution in [2.75, 3.05) is 26.2 Å². The highest BCUT2D eigenvalue weighted by atomic mass is 15.1. The molecule has 2 N–H and O–H groups in total. The third-order valence-electron chi connectivity index (χ3n) is 4.02. The number of nitrogens with zero attached hydrogens (tertiary/aromatic N) is 1. The second-order valence-electron chi connectivity index (χ2n) is 5.40. The zero-order valence-electron chi connectivity index (χ0n) is 11.6. The zero-order valence-corrected chi connectivity index (χ0v) is 11.6. The summed E-state index contributed by atoms with van der Waals surface area (Å²) in [5.41, 5.74) is 8.61. The summed E-state index contributed by atoms with van der Waals surface area (Å²) in [5.74, 6) is 0.759. The minimum absolute atomic E-state index is 0.759. The lowest BCUT2D eigenvalue weighted by Gasteiger charge is -2.31. The van der Waals surface area contributed by atoms with Crippen LogP contribution >= 0.6 is 0 Å². The van der Waals surface area contributed by atoms with Gasteiger partial charge in [0, 0.05) is 13.1 Å². The molecule has 2 heteroatoms. The van der Waals surface area contributed by atoms with Crippen LogP contribution in [-0.4, -0.2) is 31.1 Å². The highest BCUT2D eigenvalue weighted by molar-refractivity contribution is 5.26. The molecule has 1 aromatic rings. The lowest BCUT2D eigenvalue weighted by Crippen LogP contribution is -2.36. The highest BCUT2D eigenvalue weighted by Gasteiger charge is 2.19. The van der Waals surface area contributed by atoms with E-state index in [1.165, 1.54) is 49.9 Å². The van der Waals surface area contributed by atoms with Gasteiger partial charge in [-0.2, -0.15) is 0 Å². The Morgan fingerprint density at radius 2 is 1.83 bits per heavy atom. The first kappa shape index (κ1) is 13.6. The topological polar surface area (TPSA) is 29.3 Å². The van der Waals surface area contributed by atoms with Gasteiger partial charge in [0.05, 0.1) is 0 Å². The van der Waals surface area contributed by atoms with Gasteiger partial charge >= 0.3 is 0 Å². The molecule has 0 radical (unpaired) electrons. The molecule has 0 spiro atoms. The molecule has 1 heterocycles. The van der Waals surface area contributed by atoms with E-state index in [1.807, 2.05) is 0 Å². The molecule has 0 atom stereocenters. The normalized spacial score (nSPS) is 18.1. The van der Waals surface area contributed by atoms with Crippen LogP contribution in [0, 0.1) is 0 Å². The van der Waals surface area contributed by atoms with Crippen molar-refractivity contribution < 1.29 is 0 Å². The molecule has 1 aromatic carbocycles. The number of hydrogen-bond acceptors (Lipinski definition) is 2. The maximum Gasteiger partial charge on any atom is 0.0105 e. The molecular weight excluding hydrogens is 220 g/mol. The quantitative estimate of drug-likeness (QED) is 0.865. The van der Waals surface area contributed by atoms with Crippen molar-refractivity contribution in [1.29, 1.82) is 0 Å². The summed E-state index contributed by atoms with van der Waals surface area (Å²) < 4.78 is 0. The van der Waals surface area contributed by atoms with E-state index in [0.717, 1.165) is 19.0 Å². The summed E-state index contributed by atoms with van der Waals surface area (Å²) in [4.78, 5) is 2.49. The molecule has 100 valence electrons. The third kappa shape index (κ3) is 3.56. The molecular formula is C16H26N2. The number of aryl methyl sites for hydroxylation is 1. The van der Waals surface area contributed by atoms with E-state index in [9.17, 15) is 0 Å². The van der Waals surface area contributed by atoms with Crippen molar-refractivity contribution in [2.24, 2.45) is 5.73 Å². The van der Waals surface area contributed by atoms with Crippen LogP contribution in [0.1, 0.15) is 43.2 Å². The van der Waals surface area contributed by atoms with Gasteiger partial charge in [-0.3, -0.25) is 0 Å². The highest BCUT2D eigenvalue weighted by Crippen LogP contribution is 2.28. The average molecular weight is 246 g/mol. The van der Waals surface area contributed by atoms with Crippen LogP contribution in [0.2, 0.25) is 0 Å². The van der Waals surface area contributed by atoms with Crippen molar-refractivity contribution in [2.45, 2.75) is 38.5 Å². The predicted molar refractivity (Wildman–Crippen MR) is 77.9 cm³/mol. The summed E-state index contributed by atoms with van der Waals surface area (Å²) in [7, 11) is 0. The lowest BCUT2D eigenvalue weighted by molar-refractivity contribution is 0.218. The van der Waals surface area contributed by atoms with Crippen LogP contribution < -0.4 is 5.73 Å². The molecule has 1 fully saturated rings. The second kappa shape index (κ2) is 6.91. The van der Waals surface area contributed by atoms with Crippen molar-refractivity contribution in [3.05, 3.63) is 35.4 Å². The number of rotatable bonds is 5. The first-order valence-electron chi connectivity index (χ1n) is 7.34. The molecule has 1 saturated heterocycles. The van der Waals surface area contributed by atoms with Gasteiger partial charge in [-0.1, -0.05) is 37.6 Å². The van der Waals surface area contributed by atoms with Crippen molar-refractivity contribution in [3.63, 3.8) is 0 Å². The van der Waals surface area contributed by atoms with Gasteiger partial charge in [-0.05, 0) is 49.4 Å². The summed E-state index contributed by atoms with van der Waals surface area (Å²) >= 11 is 0. The number of likely N-dealkylation sites (tertiary alicyclic amines) is 1. The Hall–Kier alpha value is -0.860. The first-order chi connectivity index (χ1) is 8.83. The molecule has 0 amide bonds. The Bertz CT molecular complexity index is 337. The van der Waals surface area contributed by atoms with E-state index in [2.05, 4.69) is 36.1 Å². The van der Waals surface area contributed by atoms with Crippen LogP contribution in [0.3, 0.4) is 0 Å². The fourth-order valence-electron chi connectivity index (χ4n) is 2.92. The minimum atomic E-state index is 0.759. The number of piperidine rings is 1. The Kier molecular flexibility index (Phi) is 5.21. The van der Waals surface area contributed by atoms with Crippen LogP contribution in [-0.2, 0) is 6.42 Å². The third-order valence-corrected chi connectivity index (χ3v) is 4.02. The molecule has 0 bridgehead atoms. The van der Waals surface area contributed by atoms with E-state index >= 15 is 0 Å². The molecule has 2 nitrogen and oxygen atoms in total. The average Bonchev–Trinajstić information content (AvgIpc) is 2.41. The largest absolute Gasteiger partial charge is 0.329 e. The predicted octanol–water partition coefficient (Wildman–Crippen LogP) is 2.78. The number of benzene rings is 1. The van der Waals surface area contributed by atoms with Gasteiger partial charge < -0.3 is 10.6 Å². The van der Waals surface area contributed by atoms with Gasteiger partial charge in [0.1, 0.15) is 0 Å². The van der Waals surface area contributed by atoms with Crippen molar-refractivity contribution in [1.82, 2.24) is 4.90 Å². The Morgan fingerprint density at radius 3 is 2.39 bits per heavy atom. The molecule has 1 aliphatic heterocycles. The molecule has 0 unspecified atom stereocenters. The van der Waals surface area contributed by atoms with Crippen molar-refractivity contribution in [3.8, 4) is 0 Å². The number of hydrogen-bond donors (Lipinski definition) is 1. The fourth-order valence-corrected chi connectivity index (χ4v) is 2.92. The summed E-state index contributed by atoms with van der Waals surface area (Å²) in [6.07, 6.45) is 5.01. The van der Waals surface area contributed by atoms with Crippen LogP contribution in [0.4, 0.5) is 0 Å². The molecule has 0 saturated carbocycles. The zero-order chi connectivity index (χ0) is 12.8. The monoisotopic (exact) mass is 246 g/mol. The van der Waals surface area contributed by atoms with Crippen LogP contribution in [0.25, 0.3) is 0 Å². The summed E-state index contributed by atoms with van der Waals surface area (Å²) in [6.45, 7) is 6.50. The summed E-state index contributed by atoms with van der Waals surface area (Å²) in [6, 6.07) is 9.30. The SMILES string of the molecule is CCCc1ccc(C2CCN(CCN)CC2)cc1. The summed E-state index contributed by atoms with van der Waals surface area (Å²) in [5, 5.41) is 0. The van der Waals surface area contributed by atoms with Gasteiger partial charge in [-0.15, -0.1) is 0 Å². The van der Waals surface area contributed by atoms with Crippen LogP contribution in [0.5, 0.6) is 0 Å². The van der Waals surface area contributed by atoms with Crippen molar-refractivity contribution >= 4 is 0 Å². The van der Waals surface area contributed by atoms with Gasteiger partial charge in [-0.25, -0.2) is 0 Å². The van der Waals surface area contributed by atoms with Crippen LogP contribution in [0.15, 0.2) is 24.3 Å². The van der Waals surface area contributed by atoms with Gasteiger partial charge in [0.2, 0.25) is 0 Å². The van der Waals surface area contributed by atoms with E-state index in [4.69, 9.17) is 5.73 Å². The molecule has 0 aliphatic carbocycles. The molecule has 1 aliphatic rings. The van der Waals surface area contributed by atoms with E-state index in [1.54, 1.807) is 0 Å². The molecule has 18 heavy (non-hydrogen) atoms. The van der Waals surface area contributed by atoms with E-state index in [0.29, 0.717) is 0 Å². The fraction of sp³-hybridized carbons (Fsp3) is 0.625. The molecule has 2 rings (SSSR count). The Labute approximate surface area is 111 Å². The minimum Gasteiger partial charge on any atom is -0.329 e. The molecule has 0 aromatic heterocycles.